The van der Waals surface area contributed by atoms with Crippen molar-refractivity contribution in [1.82, 2.24) is 67.6 Å². The Labute approximate surface area is 863 Å². The van der Waals surface area contributed by atoms with Crippen LogP contribution in [0.1, 0.15) is 177 Å². The van der Waals surface area contributed by atoms with Crippen molar-refractivity contribution >= 4 is 145 Å². The van der Waals surface area contributed by atoms with Gasteiger partial charge < -0.3 is 100 Å². The van der Waals surface area contributed by atoms with Crippen LogP contribution < -0.4 is 53.7 Å². The van der Waals surface area contributed by atoms with Crippen LogP contribution >= 0.6 is 58.0 Å². The van der Waals surface area contributed by atoms with Crippen molar-refractivity contribution in [2.75, 3.05) is 0 Å². The summed E-state index contributed by atoms with van der Waals surface area (Å²) in [7, 11) is 6.54. The lowest BCUT2D eigenvalue weighted by atomic mass is 9.87. The molecular weight excluding hydrogens is 2010 g/mol. The first kappa shape index (κ1) is 115. The van der Waals surface area contributed by atoms with Crippen molar-refractivity contribution in [3.05, 3.63) is 223 Å². The molecule has 0 fully saturated rings. The van der Waals surface area contributed by atoms with E-state index in [4.69, 9.17) is 67.5 Å². The largest absolute Gasteiger partial charge is 0.504 e. The van der Waals surface area contributed by atoms with Gasteiger partial charge in [-0.05, 0) is 184 Å². The van der Waals surface area contributed by atoms with E-state index in [9.17, 15) is 120 Å². The zero-order valence-corrected chi connectivity index (χ0v) is 89.5. The van der Waals surface area contributed by atoms with Gasteiger partial charge in [0.2, 0.25) is 11.8 Å². The second-order valence-corrected chi connectivity index (χ2v) is 44.0. The fourth-order valence-electron chi connectivity index (χ4n) is 14.4. The number of aromatic nitrogens is 14. The Kier molecular flexibility index (Phi) is 33.1. The molecule has 0 saturated heterocycles. The minimum Gasteiger partial charge on any atom is -0.504 e. The second-order valence-electron chi connectivity index (χ2n) is 42.2. The van der Waals surface area contributed by atoms with E-state index in [1.165, 1.54) is 124 Å². The normalized spacial score (nSPS) is 12.0. The highest BCUT2D eigenvalue weighted by Crippen LogP contribution is 2.46. The van der Waals surface area contributed by atoms with E-state index in [1.807, 2.05) is 173 Å². The Balaban J connectivity index is 0.000000187. The van der Waals surface area contributed by atoms with Gasteiger partial charge in [-0.2, -0.15) is 15.3 Å². The van der Waals surface area contributed by atoms with E-state index in [-0.39, 0.29) is 170 Å². The number of hydrogen-bond acceptors (Lipinski definition) is 32. The number of benzene rings is 8. The summed E-state index contributed by atoms with van der Waals surface area (Å²) >= 11 is 29.6. The summed E-state index contributed by atoms with van der Waals surface area (Å²) < 4.78 is 22.5. The number of pyridine rings is 2. The lowest BCUT2D eigenvalue weighted by molar-refractivity contribution is 0.123. The Bertz CT molecular complexity index is 8350. The number of ether oxygens (including phenoxy) is 2. The number of rotatable bonds is 2. The van der Waals surface area contributed by atoms with Gasteiger partial charge in [0, 0.05) is 97.0 Å². The van der Waals surface area contributed by atoms with Gasteiger partial charge in [0.25, 0.3) is 33.4 Å². The Hall–Kier alpha value is -15.1. The predicted molar refractivity (Wildman–Crippen MR) is 566 cm³/mol. The topological polar surface area (TPSA) is 595 Å². The van der Waals surface area contributed by atoms with Gasteiger partial charge in [0.05, 0.1) is 127 Å². The molecule has 786 valence electrons. The van der Waals surface area contributed by atoms with E-state index in [1.54, 1.807) is 28.6 Å². The molecule has 0 spiro atoms. The third kappa shape index (κ3) is 25.0. The summed E-state index contributed by atoms with van der Waals surface area (Å²) in [5.41, 5.74) is -3.46. The van der Waals surface area contributed by atoms with Crippen molar-refractivity contribution in [1.29, 1.82) is 0 Å². The van der Waals surface area contributed by atoms with Crippen molar-refractivity contribution in [2.24, 2.45) is 28.2 Å². The van der Waals surface area contributed by atoms with Crippen LogP contribution in [0.5, 0.6) is 104 Å². The first-order valence-corrected chi connectivity index (χ1v) is 46.6. The van der Waals surface area contributed by atoms with Crippen LogP contribution in [0.3, 0.4) is 0 Å². The average Bonchev–Trinajstić information content (AvgIpc) is 0.761. The molecule has 16 aromatic rings. The Morgan fingerprint density at radius 3 is 1.10 bits per heavy atom. The van der Waals surface area contributed by atoms with Crippen molar-refractivity contribution in [3.8, 4) is 104 Å². The van der Waals surface area contributed by atoms with Gasteiger partial charge in [0.1, 0.15) is 16.2 Å². The molecule has 0 atom stereocenters. The van der Waals surface area contributed by atoms with Crippen LogP contribution in [0.15, 0.2) is 142 Å². The van der Waals surface area contributed by atoms with Crippen LogP contribution in [0.25, 0.3) is 86.6 Å². The minimum atomic E-state index is -0.544. The predicted octanol–water partition coefficient (Wildman–Crippen LogP) is 17.1. The number of aromatic hydroxyl groups is 16. The smallest absolute Gasteiger partial charge is 0.276 e. The minimum absolute atomic E-state index is 0.0544. The van der Waals surface area contributed by atoms with Gasteiger partial charge in [0.15, 0.2) is 103 Å². The first-order chi connectivity index (χ1) is 67.2. The number of phenols is 16. The molecule has 0 saturated carbocycles. The molecule has 0 unspecified atom stereocenters. The van der Waals surface area contributed by atoms with Crippen molar-refractivity contribution in [3.63, 3.8) is 0 Å². The Morgan fingerprint density at radius 2 is 0.619 bits per heavy atom. The highest BCUT2D eigenvalue weighted by atomic mass is 35.5. The van der Waals surface area contributed by atoms with E-state index >= 15 is 0 Å². The molecule has 16 rings (SSSR count). The third-order valence-corrected chi connectivity index (χ3v) is 23.7. The number of fused-ring (bicyclic) bond motifs is 8. The molecule has 0 aliphatic heterocycles. The molecule has 0 amide bonds. The van der Waals surface area contributed by atoms with Gasteiger partial charge in [-0.3, -0.25) is 42.9 Å². The third-order valence-electron chi connectivity index (χ3n) is 21.8. The van der Waals surface area contributed by atoms with E-state index in [2.05, 4.69) is 30.5 Å². The summed E-state index contributed by atoms with van der Waals surface area (Å²) in [5, 5.41) is 176. The van der Waals surface area contributed by atoms with E-state index < -0.39 is 90.5 Å². The highest BCUT2D eigenvalue weighted by Gasteiger charge is 2.31. The molecule has 8 aromatic carbocycles. The lowest BCUT2D eigenvalue weighted by Crippen LogP contribution is -2.35. The van der Waals surface area contributed by atoms with Crippen LogP contribution in [-0.4, -0.2) is 160 Å². The molecule has 8 heterocycles. The monoisotopic (exact) mass is 2130 g/mol. The maximum Gasteiger partial charge on any atom is 0.276 e. The van der Waals surface area contributed by atoms with Crippen LogP contribution in [-0.2, 0) is 61.2 Å². The SMILES string of the molecule is CC(C)(C)n1cnc2cc(O)c(O)c(Cl)c2c1=O.CC(C)(C)n1ncc2c(Cl)c(O)c(O)cc2c1=O.CC(C)(C)n1ncc2cc(O)c(O)c(Cl)c2c1=O.CC(C)(C)n1ncc2cc(O)c(O)cc2c1=O.Cn1cc(C(C)(C)C)c(=O)c2c(Cl)c(O)c(O)cc21.Cn1cc(C(C)(C)C)c(=O)c2cc(O)c(O)cc21.Cn1nc(OC(C)(C)C)c2cc(O)c(O)c(Cl)c2c1=O.Cn1nc(OC(C)(C)C)c2cc(O)c(O)cc2c1=O. The van der Waals surface area contributed by atoms with Crippen molar-refractivity contribution in [2.45, 2.75) is 210 Å². The van der Waals surface area contributed by atoms with Gasteiger partial charge in [-0.25, -0.2) is 28.4 Å². The zero-order valence-electron chi connectivity index (χ0n) is 85.7. The molecule has 0 radical (unpaired) electrons. The van der Waals surface area contributed by atoms with Crippen LogP contribution in [0.4, 0.5) is 0 Å². The maximum absolute atomic E-state index is 12.5. The summed E-state index contributed by atoms with van der Waals surface area (Å²) in [4.78, 5) is 102. The maximum atomic E-state index is 12.5. The molecule has 0 bridgehead atoms. The van der Waals surface area contributed by atoms with Gasteiger partial charge in [-0.1, -0.05) is 99.5 Å². The molecule has 45 heteroatoms. The molecule has 16 N–H and O–H groups in total. The molecule has 147 heavy (non-hydrogen) atoms. The number of hydrogen-bond donors (Lipinski definition) is 16. The lowest BCUT2D eigenvalue weighted by Gasteiger charge is -2.22. The van der Waals surface area contributed by atoms with E-state index in [0.717, 1.165) is 9.36 Å². The zero-order chi connectivity index (χ0) is 112. The number of nitrogens with zero attached hydrogens (tertiary/aromatic N) is 14. The van der Waals surface area contributed by atoms with Crippen LogP contribution in [0.2, 0.25) is 25.1 Å². The molecule has 0 aliphatic rings. The second kappa shape index (κ2) is 42.1. The van der Waals surface area contributed by atoms with E-state index in [0.29, 0.717) is 54.5 Å². The van der Waals surface area contributed by atoms with Crippen molar-refractivity contribution < 1.29 is 91.2 Å². The standard InChI is InChI=1S/C14H16ClNO3.C14H17NO3.C13H15ClN2O4.C13H16N2O4.3C12H13ClN2O3.C12H14N2O3/c1-14(2,3)7-6-16(4)8-5-9(17)13(19)11(15)10(8)12(7)18;1-14(2,3)9-7-15(4)10-6-12(17)11(16)5-8(10)13(9)18;1-13(2,3)20-11-6-5-7(17)10(18)9(14)8(6)12(19)16(4)15-11;1-13(2,3)19-11-7-5-9(16)10(17)6-8(7)12(18)15(4)14-11;1-12(2,3)15-11(18)6-4-8(16)10(17)9(13)7(6)5-14-15;1-12(2,3)15-5-14-6-4-7(16)10(17)9(13)8(6)11(15)18;1-12(2,3)15-11(18)8-6(5-14-15)4-7(16)10(17)9(8)13;1-12(2,3)14-11(17)8-5-10(16)9(15)4-7(8)6-13-14/h5-6,17,19H,1-4H3;5-7,16-17H,1-4H3;5,17-18H,1-4H3;5-6,16-17H,1-4H3;3*4-5,16-17H,1-3H3;4-6,15-16H,1-3H3. The summed E-state index contributed by atoms with van der Waals surface area (Å²) in [6.45, 7) is 45.0. The summed E-state index contributed by atoms with van der Waals surface area (Å²) in [5.74, 6) is -5.73. The van der Waals surface area contributed by atoms with Crippen LogP contribution in [0, 0.1) is 0 Å². The Morgan fingerprint density at radius 1 is 0.286 bits per heavy atom. The summed E-state index contributed by atoms with van der Waals surface area (Å²) in [6.07, 6.45) is 9.26. The molecule has 0 aliphatic carbocycles. The quantitative estimate of drug-likeness (QED) is 0.0715. The summed E-state index contributed by atoms with van der Waals surface area (Å²) in [6, 6.07) is 14.0. The first-order valence-electron chi connectivity index (χ1n) is 44.7. The average molecular weight is 2130 g/mol. The molecule has 40 nitrogen and oxygen atoms in total. The highest BCUT2D eigenvalue weighted by molar-refractivity contribution is 6.39. The number of aryl methyl sites for hydroxylation is 4. The molecular formula is C102H117Cl5N14O26. The number of phenolic OH excluding ortho intramolecular Hbond substituents is 16. The van der Waals surface area contributed by atoms with Gasteiger partial charge in [-0.15, -0.1) is 10.2 Å². The fourth-order valence-corrected chi connectivity index (χ4v) is 15.7. The fraction of sp³-hybridized carbons (Fsp3) is 0.353. The number of halogens is 5. The molecule has 8 aromatic heterocycles. The van der Waals surface area contributed by atoms with Gasteiger partial charge >= 0.3 is 0 Å².